The molecule has 0 heterocycles. The van der Waals surface area contributed by atoms with Gasteiger partial charge >= 0.3 is 0 Å². The zero-order valence-corrected chi connectivity index (χ0v) is 22.2. The summed E-state index contributed by atoms with van der Waals surface area (Å²) in [6, 6.07) is 0. The van der Waals surface area contributed by atoms with E-state index >= 15 is 0 Å². The van der Waals surface area contributed by atoms with Crippen LogP contribution in [0.15, 0.2) is 0 Å². The molecule has 2 heteroatoms. The summed E-state index contributed by atoms with van der Waals surface area (Å²) in [5.74, 6) is 6.68. The highest BCUT2D eigenvalue weighted by Gasteiger charge is 2.60. The molecule has 4 unspecified atom stereocenters. The molecule has 0 aromatic carbocycles. The van der Waals surface area contributed by atoms with Gasteiger partial charge in [0.05, 0.1) is 6.10 Å². The molecule has 0 aromatic rings. The Labute approximate surface area is 200 Å². The van der Waals surface area contributed by atoms with E-state index in [2.05, 4.69) is 34.6 Å². The summed E-state index contributed by atoms with van der Waals surface area (Å²) >= 11 is 0. The Balaban J connectivity index is 1.39. The van der Waals surface area contributed by atoms with Crippen LogP contribution < -0.4 is 5.73 Å². The second-order valence-corrected chi connectivity index (χ2v) is 13.6. The summed E-state index contributed by atoms with van der Waals surface area (Å²) in [6.07, 6.45) is 18.9. The minimum atomic E-state index is 0.507. The van der Waals surface area contributed by atoms with Gasteiger partial charge in [0.1, 0.15) is 0 Å². The van der Waals surface area contributed by atoms with Crippen LogP contribution in [0.3, 0.4) is 0 Å². The Morgan fingerprint density at radius 1 is 0.844 bits per heavy atom. The third-order valence-electron chi connectivity index (χ3n) is 11.5. The first-order valence-electron chi connectivity index (χ1n) is 14.6. The van der Waals surface area contributed by atoms with Crippen molar-refractivity contribution in [3.05, 3.63) is 0 Å². The van der Waals surface area contributed by atoms with Crippen LogP contribution in [-0.2, 0) is 4.74 Å². The van der Waals surface area contributed by atoms with E-state index in [4.69, 9.17) is 10.5 Å². The zero-order valence-electron chi connectivity index (χ0n) is 22.2. The van der Waals surface area contributed by atoms with Crippen LogP contribution in [-0.4, -0.2) is 19.3 Å². The number of nitrogens with two attached hydrogens (primary N) is 1. The molecule has 2 nitrogen and oxygen atoms in total. The molecule has 4 aliphatic rings. The maximum absolute atomic E-state index is 6.25. The summed E-state index contributed by atoms with van der Waals surface area (Å²) in [5.41, 5.74) is 6.89. The lowest BCUT2D eigenvalue weighted by atomic mass is 9.44. The first-order chi connectivity index (χ1) is 15.3. The van der Waals surface area contributed by atoms with Gasteiger partial charge in [-0.2, -0.15) is 0 Å². The number of rotatable bonds is 9. The van der Waals surface area contributed by atoms with Crippen molar-refractivity contribution >= 4 is 0 Å². The average Bonchev–Trinajstić information content (AvgIpc) is 3.11. The van der Waals surface area contributed by atoms with Crippen LogP contribution in [0.5, 0.6) is 0 Å². The highest BCUT2D eigenvalue weighted by atomic mass is 16.5. The Hall–Kier alpha value is -0.0800. The maximum atomic E-state index is 6.25. The normalized spacial score (nSPS) is 44.7. The van der Waals surface area contributed by atoms with E-state index in [1.165, 1.54) is 77.0 Å². The SMILES string of the molecule is CC(C)CCC[C@@H](C)[C@H]1CCC2C3CC[C@H]4CC(OCCCN)CC[C@]4(C)C3CC[C@@]21C. The topological polar surface area (TPSA) is 35.2 Å². The molecule has 2 N–H and O–H groups in total. The smallest absolute Gasteiger partial charge is 0.0578 e. The highest BCUT2D eigenvalue weighted by Crippen LogP contribution is 2.68. The lowest BCUT2D eigenvalue weighted by molar-refractivity contribution is -0.136. The van der Waals surface area contributed by atoms with Crippen molar-refractivity contribution in [3.8, 4) is 0 Å². The minimum absolute atomic E-state index is 0.507. The molecular weight excluding hydrogens is 390 g/mol. The molecule has 0 saturated heterocycles. The molecule has 9 atom stereocenters. The summed E-state index contributed by atoms with van der Waals surface area (Å²) < 4.78 is 6.25. The average molecular weight is 446 g/mol. The minimum Gasteiger partial charge on any atom is -0.378 e. The highest BCUT2D eigenvalue weighted by molar-refractivity contribution is 5.09. The summed E-state index contributed by atoms with van der Waals surface area (Å²) in [6.45, 7) is 14.4. The summed E-state index contributed by atoms with van der Waals surface area (Å²) in [4.78, 5) is 0. The number of hydrogen-bond acceptors (Lipinski definition) is 2. The molecule has 4 saturated carbocycles. The predicted molar refractivity (Wildman–Crippen MR) is 136 cm³/mol. The molecule has 4 aliphatic carbocycles. The molecule has 4 fully saturated rings. The third kappa shape index (κ3) is 4.71. The number of ether oxygens (including phenoxy) is 1. The Morgan fingerprint density at radius 3 is 2.34 bits per heavy atom. The molecule has 32 heavy (non-hydrogen) atoms. The van der Waals surface area contributed by atoms with Crippen molar-refractivity contribution in [3.63, 3.8) is 0 Å². The van der Waals surface area contributed by atoms with Gasteiger partial charge in [0.15, 0.2) is 0 Å². The Bertz CT molecular complexity index is 604. The summed E-state index contributed by atoms with van der Waals surface area (Å²) in [7, 11) is 0. The van der Waals surface area contributed by atoms with Crippen LogP contribution in [0.2, 0.25) is 0 Å². The fourth-order valence-electron chi connectivity index (χ4n) is 9.73. The standard InChI is InChI=1S/C30H55NO/c1-21(2)8-6-9-22(3)26-12-13-27-25-11-10-23-20-24(32-19-7-18-31)14-16-29(23,4)28(25)15-17-30(26,27)5/h21-28H,6-20,31H2,1-5H3/t22-,23+,24?,25?,26-,27?,28?,29+,30-/m1/s1. The second-order valence-electron chi connectivity index (χ2n) is 13.6. The molecule has 0 spiro atoms. The van der Waals surface area contributed by atoms with E-state index in [1.807, 2.05) is 0 Å². The Morgan fingerprint density at radius 2 is 1.59 bits per heavy atom. The van der Waals surface area contributed by atoms with Gasteiger partial charge in [0.25, 0.3) is 0 Å². The molecule has 0 aliphatic heterocycles. The lowest BCUT2D eigenvalue weighted by Crippen LogP contribution is -2.54. The molecule has 0 bridgehead atoms. The van der Waals surface area contributed by atoms with Crippen molar-refractivity contribution < 1.29 is 4.74 Å². The van der Waals surface area contributed by atoms with E-state index in [9.17, 15) is 0 Å². The fourth-order valence-corrected chi connectivity index (χ4v) is 9.73. The van der Waals surface area contributed by atoms with Gasteiger partial charge in [-0.3, -0.25) is 0 Å². The van der Waals surface area contributed by atoms with Crippen LogP contribution >= 0.6 is 0 Å². The van der Waals surface area contributed by atoms with Crippen molar-refractivity contribution in [2.45, 2.75) is 124 Å². The van der Waals surface area contributed by atoms with E-state index in [0.29, 0.717) is 16.9 Å². The van der Waals surface area contributed by atoms with E-state index in [-0.39, 0.29) is 0 Å². The number of fused-ring (bicyclic) bond motifs is 5. The van der Waals surface area contributed by atoms with E-state index < -0.39 is 0 Å². The molecule has 0 aromatic heterocycles. The van der Waals surface area contributed by atoms with Gasteiger partial charge < -0.3 is 10.5 Å². The van der Waals surface area contributed by atoms with Gasteiger partial charge in [-0.15, -0.1) is 0 Å². The van der Waals surface area contributed by atoms with Crippen LogP contribution in [0.25, 0.3) is 0 Å². The van der Waals surface area contributed by atoms with Gasteiger partial charge in [0, 0.05) is 6.61 Å². The van der Waals surface area contributed by atoms with Gasteiger partial charge in [-0.1, -0.05) is 53.9 Å². The third-order valence-corrected chi connectivity index (χ3v) is 11.5. The van der Waals surface area contributed by atoms with E-state index in [1.54, 1.807) is 0 Å². The summed E-state index contributed by atoms with van der Waals surface area (Å²) in [5, 5.41) is 0. The van der Waals surface area contributed by atoms with Crippen molar-refractivity contribution in [2.75, 3.05) is 13.2 Å². The quantitative estimate of drug-likeness (QED) is 0.367. The van der Waals surface area contributed by atoms with Crippen LogP contribution in [0.4, 0.5) is 0 Å². The van der Waals surface area contributed by atoms with Crippen molar-refractivity contribution in [2.24, 2.45) is 58.0 Å². The molecule has 0 amide bonds. The monoisotopic (exact) mass is 445 g/mol. The van der Waals surface area contributed by atoms with E-state index in [0.717, 1.165) is 61.0 Å². The molecule has 4 rings (SSSR count). The molecule has 0 radical (unpaired) electrons. The first kappa shape index (κ1) is 25.0. The maximum Gasteiger partial charge on any atom is 0.0578 e. The van der Waals surface area contributed by atoms with Crippen molar-refractivity contribution in [1.82, 2.24) is 0 Å². The van der Waals surface area contributed by atoms with Gasteiger partial charge in [-0.05, 0) is 123 Å². The molecular formula is C30H55NO. The number of hydrogen-bond donors (Lipinski definition) is 1. The van der Waals surface area contributed by atoms with Gasteiger partial charge in [-0.25, -0.2) is 0 Å². The van der Waals surface area contributed by atoms with Crippen LogP contribution in [0.1, 0.15) is 118 Å². The second kappa shape index (κ2) is 10.3. The first-order valence-corrected chi connectivity index (χ1v) is 14.6. The zero-order chi connectivity index (χ0) is 22.9. The van der Waals surface area contributed by atoms with Gasteiger partial charge in [0.2, 0.25) is 0 Å². The van der Waals surface area contributed by atoms with Crippen LogP contribution in [0, 0.1) is 52.3 Å². The Kier molecular flexibility index (Phi) is 8.03. The van der Waals surface area contributed by atoms with Crippen molar-refractivity contribution in [1.29, 1.82) is 0 Å². The predicted octanol–water partition coefficient (Wildman–Crippen LogP) is 7.84. The lowest BCUT2D eigenvalue weighted by Gasteiger charge is -2.61. The fraction of sp³-hybridized carbons (Fsp3) is 1.00. The molecule has 186 valence electrons. The largest absolute Gasteiger partial charge is 0.378 e.